The number of hydrogen-bond donors (Lipinski definition) is 2. The second-order valence-electron chi connectivity index (χ2n) is 16.1. The molecule has 57 heavy (non-hydrogen) atoms. The molecule has 0 spiro atoms. The molecule has 0 saturated carbocycles. The van der Waals surface area contributed by atoms with Crippen LogP contribution in [-0.4, -0.2) is 49.3 Å². The Morgan fingerprint density at radius 1 is 0.561 bits per heavy atom. The van der Waals surface area contributed by atoms with E-state index in [1.54, 1.807) is 6.08 Å². The zero-order valence-corrected chi connectivity index (χ0v) is 38.0. The monoisotopic (exact) mass is 828 g/mol. The van der Waals surface area contributed by atoms with Crippen molar-refractivity contribution in [2.75, 3.05) is 26.4 Å². The maximum atomic E-state index is 12.6. The summed E-state index contributed by atoms with van der Waals surface area (Å²) in [4.78, 5) is 34.8. The third-order valence-corrected chi connectivity index (χ3v) is 11.4. The highest BCUT2D eigenvalue weighted by molar-refractivity contribution is 7.47. The largest absolute Gasteiger partial charge is 0.472 e. The molecule has 0 rings (SSSR count). The lowest BCUT2D eigenvalue weighted by Crippen LogP contribution is -2.29. The van der Waals surface area contributed by atoms with Crippen molar-refractivity contribution in [1.29, 1.82) is 0 Å². The fraction of sp³-hybridized carbons (Fsp3) is 0.872. The van der Waals surface area contributed by atoms with E-state index in [9.17, 15) is 19.0 Å². The van der Waals surface area contributed by atoms with Gasteiger partial charge in [0.05, 0.1) is 13.2 Å². The number of rotatable bonds is 45. The topological polar surface area (TPSA) is 134 Å². The van der Waals surface area contributed by atoms with Crippen LogP contribution in [0.2, 0.25) is 0 Å². The van der Waals surface area contributed by atoms with Crippen LogP contribution in [0.4, 0.5) is 0 Å². The van der Waals surface area contributed by atoms with Crippen molar-refractivity contribution in [3.05, 3.63) is 24.3 Å². The number of carbonyl (C=O) groups excluding carboxylic acids is 2. The summed E-state index contributed by atoms with van der Waals surface area (Å²) in [6.07, 6.45) is 48.5. The molecule has 0 fully saturated rings. The van der Waals surface area contributed by atoms with Crippen LogP contribution in [0.1, 0.15) is 232 Å². The molecule has 2 atom stereocenters. The van der Waals surface area contributed by atoms with Crippen LogP contribution in [0, 0.1) is 0 Å². The molecule has 336 valence electrons. The molecular formula is C47H90NO8P. The smallest absolute Gasteiger partial charge is 0.458 e. The molecule has 10 heteroatoms. The van der Waals surface area contributed by atoms with Crippen LogP contribution >= 0.6 is 7.82 Å². The van der Waals surface area contributed by atoms with Gasteiger partial charge >= 0.3 is 19.8 Å². The zero-order chi connectivity index (χ0) is 41.8. The van der Waals surface area contributed by atoms with Crippen LogP contribution in [0.25, 0.3) is 0 Å². The molecule has 0 aromatic carbocycles. The van der Waals surface area contributed by atoms with Crippen molar-refractivity contribution in [3.8, 4) is 0 Å². The van der Waals surface area contributed by atoms with Crippen molar-refractivity contribution in [2.45, 2.75) is 238 Å². The van der Waals surface area contributed by atoms with Gasteiger partial charge in [-0.3, -0.25) is 13.8 Å². The molecule has 0 aromatic heterocycles. The molecule has 0 aliphatic heterocycles. The summed E-state index contributed by atoms with van der Waals surface area (Å²) in [5.74, 6) is -1.07. The first-order valence-electron chi connectivity index (χ1n) is 23.9. The van der Waals surface area contributed by atoms with E-state index in [0.717, 1.165) is 32.1 Å². The van der Waals surface area contributed by atoms with Gasteiger partial charge in [-0.2, -0.15) is 0 Å². The summed E-state index contributed by atoms with van der Waals surface area (Å²) in [7, 11) is -4.39. The minimum atomic E-state index is -4.39. The number of phosphoric acid groups is 1. The number of phosphoric ester groups is 1. The van der Waals surface area contributed by atoms with Gasteiger partial charge in [-0.25, -0.2) is 9.36 Å². The third kappa shape index (κ3) is 43.9. The number of carbonyl (C=O) groups is 2. The highest BCUT2D eigenvalue weighted by Crippen LogP contribution is 2.43. The number of hydrogen-bond acceptors (Lipinski definition) is 8. The number of allylic oxidation sites excluding steroid dienone is 3. The Morgan fingerprint density at radius 2 is 0.965 bits per heavy atom. The first-order chi connectivity index (χ1) is 27.8. The maximum Gasteiger partial charge on any atom is 0.472 e. The Morgan fingerprint density at radius 3 is 1.39 bits per heavy atom. The van der Waals surface area contributed by atoms with Crippen LogP contribution in [0.3, 0.4) is 0 Å². The quantitative estimate of drug-likeness (QED) is 0.0202. The predicted molar refractivity (Wildman–Crippen MR) is 238 cm³/mol. The van der Waals surface area contributed by atoms with Gasteiger partial charge in [0.15, 0.2) is 6.10 Å². The Kier molecular flexibility index (Phi) is 42.9. The summed E-state index contributed by atoms with van der Waals surface area (Å²) in [6, 6.07) is 0. The normalized spacial score (nSPS) is 13.4. The van der Waals surface area contributed by atoms with Gasteiger partial charge in [-0.15, -0.1) is 0 Å². The number of unbranched alkanes of at least 4 members (excludes halogenated alkanes) is 31. The summed E-state index contributed by atoms with van der Waals surface area (Å²) in [5, 5.41) is 0. The lowest BCUT2D eigenvalue weighted by molar-refractivity contribution is -0.159. The lowest BCUT2D eigenvalue weighted by atomic mass is 10.0. The van der Waals surface area contributed by atoms with Gasteiger partial charge in [0, 0.05) is 19.0 Å². The second-order valence-corrected chi connectivity index (χ2v) is 17.5. The maximum absolute atomic E-state index is 12.6. The predicted octanol–water partition coefficient (Wildman–Crippen LogP) is 13.9. The fourth-order valence-electron chi connectivity index (χ4n) is 6.90. The minimum Gasteiger partial charge on any atom is -0.458 e. The van der Waals surface area contributed by atoms with E-state index in [1.165, 1.54) is 179 Å². The molecule has 0 saturated heterocycles. The molecule has 0 aromatic rings. The highest BCUT2D eigenvalue weighted by Gasteiger charge is 2.25. The lowest BCUT2D eigenvalue weighted by Gasteiger charge is -2.19. The zero-order valence-electron chi connectivity index (χ0n) is 37.1. The average Bonchev–Trinajstić information content (AvgIpc) is 3.20. The Bertz CT molecular complexity index is 990. The molecule has 0 amide bonds. The molecule has 0 heterocycles. The van der Waals surface area contributed by atoms with Gasteiger partial charge in [-0.1, -0.05) is 225 Å². The minimum absolute atomic E-state index is 0.0452. The number of ether oxygens (including phenoxy) is 2. The van der Waals surface area contributed by atoms with E-state index in [2.05, 4.69) is 13.8 Å². The Labute approximate surface area is 351 Å². The van der Waals surface area contributed by atoms with Crippen molar-refractivity contribution in [2.24, 2.45) is 5.73 Å². The summed E-state index contributed by atoms with van der Waals surface area (Å²) in [5.41, 5.74) is 5.35. The van der Waals surface area contributed by atoms with E-state index >= 15 is 0 Å². The van der Waals surface area contributed by atoms with Crippen molar-refractivity contribution < 1.29 is 37.6 Å². The van der Waals surface area contributed by atoms with Crippen molar-refractivity contribution >= 4 is 19.8 Å². The first kappa shape index (κ1) is 55.5. The van der Waals surface area contributed by atoms with Gasteiger partial charge < -0.3 is 20.1 Å². The summed E-state index contributed by atoms with van der Waals surface area (Å²) < 4.78 is 32.7. The highest BCUT2D eigenvalue weighted by atomic mass is 31.2. The van der Waals surface area contributed by atoms with Crippen LogP contribution in [0.15, 0.2) is 24.3 Å². The van der Waals surface area contributed by atoms with E-state index in [0.29, 0.717) is 6.42 Å². The fourth-order valence-corrected chi connectivity index (χ4v) is 7.67. The molecule has 1 unspecified atom stereocenters. The van der Waals surface area contributed by atoms with Gasteiger partial charge in [-0.05, 0) is 19.3 Å². The Balaban J connectivity index is 4.11. The van der Waals surface area contributed by atoms with Crippen molar-refractivity contribution in [3.63, 3.8) is 0 Å². The molecular weight excluding hydrogens is 737 g/mol. The van der Waals surface area contributed by atoms with Gasteiger partial charge in [0.25, 0.3) is 0 Å². The molecule has 3 N–H and O–H groups in total. The number of nitrogens with two attached hydrogens (primary N) is 1. The van der Waals surface area contributed by atoms with E-state index in [-0.39, 0.29) is 26.2 Å². The molecule has 9 nitrogen and oxygen atoms in total. The first-order valence-corrected chi connectivity index (χ1v) is 25.4. The average molecular weight is 828 g/mol. The van der Waals surface area contributed by atoms with Crippen LogP contribution < -0.4 is 5.73 Å². The van der Waals surface area contributed by atoms with Crippen molar-refractivity contribution in [1.82, 2.24) is 0 Å². The number of esters is 2. The molecule has 0 radical (unpaired) electrons. The van der Waals surface area contributed by atoms with E-state index < -0.39 is 32.5 Å². The van der Waals surface area contributed by atoms with Crippen LogP contribution in [-0.2, 0) is 32.7 Å². The van der Waals surface area contributed by atoms with Crippen LogP contribution in [0.5, 0.6) is 0 Å². The molecule has 0 bridgehead atoms. The van der Waals surface area contributed by atoms with Gasteiger partial charge in [0.1, 0.15) is 6.61 Å². The standard InChI is InChI=1S/C47H90NO8P/c1-3-5-7-9-11-13-15-17-19-20-21-22-23-24-26-28-30-32-34-36-38-40-47(50)56-45(44-55-57(51,52)54-42-41-48)43-53-46(49)39-37-35-33-31-29-27-25-18-16-14-12-10-8-6-4-2/h33,35,37,39,45H,3-32,34,36,38,40-44,48H2,1-2H3,(H,51,52)/b35-33+,39-37+/t45-/m1/s1. The van der Waals surface area contributed by atoms with Gasteiger partial charge in [0.2, 0.25) is 0 Å². The van der Waals surface area contributed by atoms with E-state index in [4.69, 9.17) is 24.3 Å². The molecule has 0 aliphatic rings. The summed E-state index contributed by atoms with van der Waals surface area (Å²) >= 11 is 0. The second kappa shape index (κ2) is 44.1. The Hall–Kier alpha value is -1.51. The summed E-state index contributed by atoms with van der Waals surface area (Å²) in [6.45, 7) is 3.64. The van der Waals surface area contributed by atoms with E-state index in [1.807, 2.05) is 12.2 Å². The molecule has 0 aliphatic carbocycles. The third-order valence-electron chi connectivity index (χ3n) is 10.4. The SMILES string of the molecule is CCCCCCCCCCCCC/C=C/C=C/C(=O)OC[C@H](COP(=O)(O)OCCN)OC(=O)CCCCCCCCCCCCCCCCCCCCCCC.